The second kappa shape index (κ2) is 7.62. The topological polar surface area (TPSA) is 12.0 Å². The van der Waals surface area contributed by atoms with Crippen LogP contribution in [0.4, 0.5) is 4.39 Å². The van der Waals surface area contributed by atoms with Crippen molar-refractivity contribution in [3.63, 3.8) is 0 Å². The third kappa shape index (κ3) is 4.32. The van der Waals surface area contributed by atoms with Crippen molar-refractivity contribution >= 4 is 11.8 Å². The molecule has 0 saturated heterocycles. The van der Waals surface area contributed by atoms with Crippen LogP contribution in [0.5, 0.6) is 0 Å². The highest BCUT2D eigenvalue weighted by atomic mass is 32.2. The van der Waals surface area contributed by atoms with E-state index in [4.69, 9.17) is 0 Å². The molecule has 0 aliphatic rings. The number of benzene rings is 2. The molecule has 0 bridgehead atoms. The van der Waals surface area contributed by atoms with Crippen LogP contribution in [-0.4, -0.2) is 12.3 Å². The molecule has 0 heterocycles. The van der Waals surface area contributed by atoms with Crippen molar-refractivity contribution in [2.45, 2.75) is 31.7 Å². The quantitative estimate of drug-likeness (QED) is 0.763. The smallest absolute Gasteiger partial charge is 0.123 e. The van der Waals surface area contributed by atoms with Crippen molar-refractivity contribution in [2.24, 2.45) is 0 Å². The van der Waals surface area contributed by atoms with Crippen molar-refractivity contribution in [1.82, 2.24) is 5.32 Å². The van der Waals surface area contributed by atoms with Gasteiger partial charge in [-0.2, -0.15) is 0 Å². The molecule has 3 heteroatoms. The van der Waals surface area contributed by atoms with Crippen LogP contribution in [0.3, 0.4) is 0 Å². The van der Waals surface area contributed by atoms with Crippen LogP contribution in [0, 0.1) is 19.7 Å². The Hall–Kier alpha value is -1.32. The van der Waals surface area contributed by atoms with Gasteiger partial charge in [-0.3, -0.25) is 0 Å². The van der Waals surface area contributed by atoms with E-state index in [0.29, 0.717) is 0 Å². The summed E-state index contributed by atoms with van der Waals surface area (Å²) in [6.07, 6.45) is 0. The van der Waals surface area contributed by atoms with E-state index in [1.165, 1.54) is 16.5 Å². The van der Waals surface area contributed by atoms with Crippen LogP contribution in [0.1, 0.15) is 29.7 Å². The fourth-order valence-electron chi connectivity index (χ4n) is 2.38. The standard InChI is InChI=1S/C18H22FNS/c1-4-20-17(16-11-15(19)10-9-13(16)2)12-21-18-8-6-5-7-14(18)3/h5-11,17,20H,4,12H2,1-3H3. The van der Waals surface area contributed by atoms with Gasteiger partial charge in [0.05, 0.1) is 0 Å². The highest BCUT2D eigenvalue weighted by Crippen LogP contribution is 2.28. The Labute approximate surface area is 131 Å². The van der Waals surface area contributed by atoms with E-state index in [2.05, 4.69) is 43.4 Å². The average molecular weight is 303 g/mol. The van der Waals surface area contributed by atoms with Gasteiger partial charge in [-0.15, -0.1) is 11.8 Å². The first-order valence-corrected chi connectivity index (χ1v) is 8.28. The first kappa shape index (κ1) is 16.1. The maximum atomic E-state index is 13.5. The van der Waals surface area contributed by atoms with Crippen molar-refractivity contribution in [3.05, 3.63) is 65.0 Å². The van der Waals surface area contributed by atoms with Gasteiger partial charge in [0.15, 0.2) is 0 Å². The molecule has 0 fully saturated rings. The number of nitrogens with one attached hydrogen (secondary N) is 1. The lowest BCUT2D eigenvalue weighted by Gasteiger charge is -2.20. The summed E-state index contributed by atoms with van der Waals surface area (Å²) < 4.78 is 13.5. The molecule has 0 spiro atoms. The van der Waals surface area contributed by atoms with Gasteiger partial charge < -0.3 is 5.32 Å². The first-order valence-electron chi connectivity index (χ1n) is 7.29. The molecule has 0 aromatic heterocycles. The Morgan fingerprint density at radius 1 is 1.10 bits per heavy atom. The largest absolute Gasteiger partial charge is 0.309 e. The van der Waals surface area contributed by atoms with E-state index in [0.717, 1.165) is 23.4 Å². The molecule has 0 amide bonds. The maximum Gasteiger partial charge on any atom is 0.123 e. The SMILES string of the molecule is CCNC(CSc1ccccc1C)c1cc(F)ccc1C. The van der Waals surface area contributed by atoms with E-state index in [9.17, 15) is 4.39 Å². The third-order valence-electron chi connectivity index (χ3n) is 3.57. The van der Waals surface area contributed by atoms with Gasteiger partial charge in [0, 0.05) is 16.7 Å². The molecule has 2 aromatic carbocycles. The van der Waals surface area contributed by atoms with Gasteiger partial charge in [0.25, 0.3) is 0 Å². The molecule has 0 aliphatic heterocycles. The minimum absolute atomic E-state index is 0.162. The van der Waals surface area contributed by atoms with Gasteiger partial charge >= 0.3 is 0 Å². The van der Waals surface area contributed by atoms with Gasteiger partial charge in [0.2, 0.25) is 0 Å². The Morgan fingerprint density at radius 2 is 1.86 bits per heavy atom. The Morgan fingerprint density at radius 3 is 2.57 bits per heavy atom. The highest BCUT2D eigenvalue weighted by molar-refractivity contribution is 7.99. The molecule has 0 aliphatic carbocycles. The van der Waals surface area contributed by atoms with Crippen molar-refractivity contribution in [2.75, 3.05) is 12.3 Å². The molecular formula is C18H22FNS. The second-order valence-corrected chi connectivity index (χ2v) is 6.25. The molecular weight excluding hydrogens is 281 g/mol. The zero-order chi connectivity index (χ0) is 15.2. The lowest BCUT2D eigenvalue weighted by molar-refractivity contribution is 0.585. The Kier molecular flexibility index (Phi) is 5.83. The highest BCUT2D eigenvalue weighted by Gasteiger charge is 2.14. The summed E-state index contributed by atoms with van der Waals surface area (Å²) in [6.45, 7) is 7.12. The van der Waals surface area contributed by atoms with E-state index in [1.54, 1.807) is 6.07 Å². The number of hydrogen-bond acceptors (Lipinski definition) is 2. The Bertz CT molecular complexity index is 598. The van der Waals surface area contributed by atoms with Gasteiger partial charge in [-0.1, -0.05) is 31.2 Å². The number of hydrogen-bond donors (Lipinski definition) is 1. The predicted octanol–water partition coefficient (Wildman–Crippen LogP) is 4.89. The van der Waals surface area contributed by atoms with Crippen LogP contribution < -0.4 is 5.32 Å². The van der Waals surface area contributed by atoms with Crippen LogP contribution >= 0.6 is 11.8 Å². The number of thioether (sulfide) groups is 1. The third-order valence-corrected chi connectivity index (χ3v) is 4.84. The normalized spacial score (nSPS) is 12.4. The Balaban J connectivity index is 2.16. The number of halogens is 1. The van der Waals surface area contributed by atoms with Gasteiger partial charge in [0.1, 0.15) is 5.82 Å². The van der Waals surface area contributed by atoms with Crippen LogP contribution in [0.15, 0.2) is 47.4 Å². The van der Waals surface area contributed by atoms with Crippen molar-refractivity contribution < 1.29 is 4.39 Å². The summed E-state index contributed by atoms with van der Waals surface area (Å²) in [5.74, 6) is 0.725. The van der Waals surface area contributed by atoms with Crippen LogP contribution in [0.25, 0.3) is 0 Å². The molecule has 0 saturated carbocycles. The molecule has 1 unspecified atom stereocenters. The monoisotopic (exact) mass is 303 g/mol. The number of rotatable bonds is 6. The molecule has 2 rings (SSSR count). The van der Waals surface area contributed by atoms with Gasteiger partial charge in [-0.25, -0.2) is 4.39 Å². The summed E-state index contributed by atoms with van der Waals surface area (Å²) in [4.78, 5) is 1.29. The fraction of sp³-hybridized carbons (Fsp3) is 0.333. The molecule has 2 aromatic rings. The van der Waals surface area contributed by atoms with E-state index >= 15 is 0 Å². The number of aryl methyl sites for hydroxylation is 2. The predicted molar refractivity (Wildman–Crippen MR) is 89.5 cm³/mol. The molecule has 21 heavy (non-hydrogen) atoms. The maximum absolute atomic E-state index is 13.5. The lowest BCUT2D eigenvalue weighted by Crippen LogP contribution is -2.24. The van der Waals surface area contributed by atoms with E-state index in [-0.39, 0.29) is 11.9 Å². The van der Waals surface area contributed by atoms with Crippen LogP contribution in [-0.2, 0) is 0 Å². The fourth-order valence-corrected chi connectivity index (χ4v) is 3.50. The van der Waals surface area contributed by atoms with E-state index in [1.807, 2.05) is 24.8 Å². The zero-order valence-electron chi connectivity index (χ0n) is 12.8. The molecule has 0 radical (unpaired) electrons. The summed E-state index contributed by atoms with van der Waals surface area (Å²) in [5, 5.41) is 3.47. The lowest BCUT2D eigenvalue weighted by atomic mass is 10.0. The molecule has 1 nitrogen and oxygen atoms in total. The van der Waals surface area contributed by atoms with Crippen molar-refractivity contribution in [1.29, 1.82) is 0 Å². The van der Waals surface area contributed by atoms with Gasteiger partial charge in [-0.05, 0) is 55.3 Å². The minimum Gasteiger partial charge on any atom is -0.309 e. The van der Waals surface area contributed by atoms with E-state index < -0.39 is 0 Å². The molecule has 1 atom stereocenters. The second-order valence-electron chi connectivity index (χ2n) is 5.19. The summed E-state index contributed by atoms with van der Waals surface area (Å²) >= 11 is 1.82. The first-order chi connectivity index (χ1) is 10.1. The zero-order valence-corrected chi connectivity index (χ0v) is 13.6. The summed E-state index contributed by atoms with van der Waals surface area (Å²) in [7, 11) is 0. The van der Waals surface area contributed by atoms with Crippen molar-refractivity contribution in [3.8, 4) is 0 Å². The minimum atomic E-state index is -0.167. The molecule has 112 valence electrons. The summed E-state index contributed by atoms with van der Waals surface area (Å²) in [5.41, 5.74) is 3.47. The van der Waals surface area contributed by atoms with Crippen LogP contribution in [0.2, 0.25) is 0 Å². The average Bonchev–Trinajstić information content (AvgIpc) is 2.48. The summed E-state index contributed by atoms with van der Waals surface area (Å²) in [6, 6.07) is 13.6. The molecule has 1 N–H and O–H groups in total.